The molecule has 0 fully saturated rings. The summed E-state index contributed by atoms with van der Waals surface area (Å²) in [6.07, 6.45) is 5.36. The van der Waals surface area contributed by atoms with E-state index in [1.165, 1.54) is 6.33 Å². The smallest absolute Gasteiger partial charge is 0.160 e. The number of nitrogens with one attached hydrogen (secondary N) is 2. The molecule has 5 nitrogen and oxygen atoms in total. The lowest BCUT2D eigenvalue weighted by molar-refractivity contribution is 0.904. The lowest BCUT2D eigenvalue weighted by Gasteiger charge is -2.12. The summed E-state index contributed by atoms with van der Waals surface area (Å²) in [4.78, 5) is 8.29. The minimum Gasteiger partial charge on any atom is -0.366 e. The first-order valence-electron chi connectivity index (χ1n) is 4.71. The van der Waals surface area contributed by atoms with Crippen LogP contribution >= 0.6 is 11.8 Å². The van der Waals surface area contributed by atoms with Gasteiger partial charge in [-0.15, -0.1) is 0 Å². The Morgan fingerprint density at radius 2 is 2.40 bits per heavy atom. The van der Waals surface area contributed by atoms with Crippen LogP contribution in [-0.2, 0) is 0 Å². The molecule has 1 atom stereocenters. The van der Waals surface area contributed by atoms with Crippen molar-refractivity contribution in [1.29, 1.82) is 0 Å². The van der Waals surface area contributed by atoms with Crippen molar-refractivity contribution in [3.8, 4) is 0 Å². The van der Waals surface area contributed by atoms with Crippen molar-refractivity contribution in [3.63, 3.8) is 0 Å². The molecule has 80 valence electrons. The lowest BCUT2D eigenvalue weighted by atomic mass is 10.3. The summed E-state index contributed by atoms with van der Waals surface area (Å²) in [6, 6.07) is 0.382. The Morgan fingerprint density at radius 3 is 3.20 bits per heavy atom. The fourth-order valence-corrected chi connectivity index (χ4v) is 1.99. The van der Waals surface area contributed by atoms with Gasteiger partial charge in [-0.1, -0.05) is 0 Å². The van der Waals surface area contributed by atoms with Crippen LogP contribution in [0.1, 0.15) is 6.92 Å². The van der Waals surface area contributed by atoms with E-state index < -0.39 is 0 Å². The zero-order chi connectivity index (χ0) is 10.7. The predicted octanol–water partition coefficient (Wildman–Crippen LogP) is 1.52. The van der Waals surface area contributed by atoms with Gasteiger partial charge in [-0.3, -0.25) is 5.10 Å². The third kappa shape index (κ3) is 2.20. The van der Waals surface area contributed by atoms with Gasteiger partial charge in [0.2, 0.25) is 0 Å². The molecule has 0 saturated heterocycles. The topological polar surface area (TPSA) is 66.5 Å². The molecular formula is C9H13N5S. The van der Waals surface area contributed by atoms with Crippen LogP contribution in [0.5, 0.6) is 0 Å². The maximum absolute atomic E-state index is 4.21. The van der Waals surface area contributed by atoms with Crippen LogP contribution in [0.15, 0.2) is 12.5 Å². The second kappa shape index (κ2) is 4.48. The summed E-state index contributed by atoms with van der Waals surface area (Å²) in [5, 5.41) is 11.0. The molecule has 6 heteroatoms. The van der Waals surface area contributed by atoms with Crippen LogP contribution in [0.3, 0.4) is 0 Å². The summed E-state index contributed by atoms with van der Waals surface area (Å²) in [7, 11) is 0. The molecule has 2 N–H and O–H groups in total. The minimum absolute atomic E-state index is 0.382. The average Bonchev–Trinajstić information content (AvgIpc) is 2.67. The number of hydrogen-bond donors (Lipinski definition) is 2. The highest BCUT2D eigenvalue weighted by atomic mass is 32.2. The first-order valence-corrected chi connectivity index (χ1v) is 6.10. The van der Waals surface area contributed by atoms with Crippen molar-refractivity contribution in [1.82, 2.24) is 20.2 Å². The number of H-pyrrole nitrogens is 1. The van der Waals surface area contributed by atoms with E-state index in [4.69, 9.17) is 0 Å². The van der Waals surface area contributed by atoms with E-state index >= 15 is 0 Å². The molecule has 0 spiro atoms. The highest BCUT2D eigenvalue weighted by Gasteiger charge is 2.07. The van der Waals surface area contributed by atoms with Crippen molar-refractivity contribution >= 4 is 28.6 Å². The SMILES string of the molecule is CSCC(C)Nc1ncnc2[nH]ncc12. The van der Waals surface area contributed by atoms with Gasteiger partial charge in [0.15, 0.2) is 5.65 Å². The Bertz CT molecular complexity index is 441. The molecule has 0 radical (unpaired) electrons. The van der Waals surface area contributed by atoms with Crippen molar-refractivity contribution in [2.24, 2.45) is 0 Å². The third-order valence-electron chi connectivity index (χ3n) is 2.05. The van der Waals surface area contributed by atoms with E-state index in [1.807, 2.05) is 11.8 Å². The second-order valence-electron chi connectivity index (χ2n) is 3.36. The number of aromatic amines is 1. The van der Waals surface area contributed by atoms with Gasteiger partial charge in [0.1, 0.15) is 12.1 Å². The van der Waals surface area contributed by atoms with Crippen LogP contribution in [0, 0.1) is 0 Å². The van der Waals surface area contributed by atoms with Crippen LogP contribution in [0.4, 0.5) is 5.82 Å². The number of thioether (sulfide) groups is 1. The number of fused-ring (bicyclic) bond motifs is 1. The van der Waals surface area contributed by atoms with Gasteiger partial charge < -0.3 is 5.32 Å². The summed E-state index contributed by atoms with van der Waals surface area (Å²) >= 11 is 1.81. The van der Waals surface area contributed by atoms with Gasteiger partial charge in [-0.05, 0) is 13.2 Å². The first-order chi connectivity index (χ1) is 7.31. The highest BCUT2D eigenvalue weighted by Crippen LogP contribution is 2.17. The van der Waals surface area contributed by atoms with Gasteiger partial charge in [-0.2, -0.15) is 16.9 Å². The van der Waals surface area contributed by atoms with Crippen LogP contribution in [0.25, 0.3) is 11.0 Å². The highest BCUT2D eigenvalue weighted by molar-refractivity contribution is 7.98. The molecule has 0 saturated carbocycles. The Labute approximate surface area is 92.1 Å². The van der Waals surface area contributed by atoms with Crippen LogP contribution < -0.4 is 5.32 Å². The molecule has 1 unspecified atom stereocenters. The van der Waals surface area contributed by atoms with E-state index in [9.17, 15) is 0 Å². The summed E-state index contributed by atoms with van der Waals surface area (Å²) in [6.45, 7) is 2.13. The molecule has 0 aliphatic heterocycles. The minimum atomic E-state index is 0.382. The Hall–Kier alpha value is -1.30. The van der Waals surface area contributed by atoms with Crippen LogP contribution in [0.2, 0.25) is 0 Å². The molecular weight excluding hydrogens is 210 g/mol. The van der Waals surface area contributed by atoms with Crippen molar-refractivity contribution in [3.05, 3.63) is 12.5 Å². The van der Waals surface area contributed by atoms with Crippen molar-refractivity contribution in [2.75, 3.05) is 17.3 Å². The predicted molar refractivity (Wildman–Crippen MR) is 63.2 cm³/mol. The molecule has 0 aliphatic carbocycles. The summed E-state index contributed by atoms with van der Waals surface area (Å²) < 4.78 is 0. The van der Waals surface area contributed by atoms with Crippen molar-refractivity contribution in [2.45, 2.75) is 13.0 Å². The maximum atomic E-state index is 4.21. The van der Waals surface area contributed by atoms with E-state index in [0.717, 1.165) is 22.6 Å². The average molecular weight is 223 g/mol. The largest absolute Gasteiger partial charge is 0.366 e. The van der Waals surface area contributed by atoms with Gasteiger partial charge in [0.25, 0.3) is 0 Å². The maximum Gasteiger partial charge on any atom is 0.160 e. The lowest BCUT2D eigenvalue weighted by Crippen LogP contribution is -2.18. The van der Waals surface area contributed by atoms with Gasteiger partial charge in [0.05, 0.1) is 11.6 Å². The van der Waals surface area contributed by atoms with Crippen LogP contribution in [-0.4, -0.2) is 38.2 Å². The number of hydrogen-bond acceptors (Lipinski definition) is 5. The summed E-state index contributed by atoms with van der Waals surface area (Å²) in [5.41, 5.74) is 0.767. The number of rotatable bonds is 4. The molecule has 0 aliphatic rings. The van der Waals surface area contributed by atoms with Gasteiger partial charge in [0, 0.05) is 11.8 Å². The van der Waals surface area contributed by atoms with E-state index in [-0.39, 0.29) is 0 Å². The Morgan fingerprint density at radius 1 is 1.53 bits per heavy atom. The fraction of sp³-hybridized carbons (Fsp3) is 0.444. The second-order valence-corrected chi connectivity index (χ2v) is 4.27. The molecule has 2 rings (SSSR count). The molecule has 0 amide bonds. The quantitative estimate of drug-likeness (QED) is 0.822. The molecule has 2 aromatic heterocycles. The number of nitrogens with zero attached hydrogens (tertiary/aromatic N) is 3. The van der Waals surface area contributed by atoms with Crippen molar-refractivity contribution < 1.29 is 0 Å². The third-order valence-corrected chi connectivity index (χ3v) is 2.88. The van der Waals surface area contributed by atoms with Gasteiger partial charge >= 0.3 is 0 Å². The fourth-order valence-electron chi connectivity index (χ4n) is 1.40. The zero-order valence-corrected chi connectivity index (χ0v) is 9.51. The molecule has 0 bridgehead atoms. The zero-order valence-electron chi connectivity index (χ0n) is 8.69. The molecule has 15 heavy (non-hydrogen) atoms. The van der Waals surface area contributed by atoms with E-state index in [0.29, 0.717) is 6.04 Å². The Balaban J connectivity index is 2.23. The van der Waals surface area contributed by atoms with E-state index in [2.05, 4.69) is 38.7 Å². The van der Waals surface area contributed by atoms with Gasteiger partial charge in [-0.25, -0.2) is 9.97 Å². The normalized spacial score (nSPS) is 12.9. The standard InChI is InChI=1S/C9H13N5S/c1-6(4-15-2)13-8-7-3-12-14-9(7)11-5-10-8/h3,5-6H,4H2,1-2H3,(H2,10,11,12,13,14). The summed E-state index contributed by atoms with van der Waals surface area (Å²) in [5.74, 6) is 1.89. The Kier molecular flexibility index (Phi) is 3.05. The monoisotopic (exact) mass is 223 g/mol. The van der Waals surface area contributed by atoms with E-state index in [1.54, 1.807) is 6.20 Å². The number of anilines is 1. The molecule has 2 aromatic rings. The number of aromatic nitrogens is 4. The molecule has 0 aromatic carbocycles. The first kappa shape index (κ1) is 10.2. The molecule has 2 heterocycles.